The normalized spacial score (nSPS) is 13.8. The van der Waals surface area contributed by atoms with Crippen molar-refractivity contribution in [3.05, 3.63) is 38.5 Å². The van der Waals surface area contributed by atoms with E-state index in [-0.39, 0.29) is 0 Å². The van der Waals surface area contributed by atoms with Crippen LogP contribution in [0.5, 0.6) is 0 Å². The molecule has 0 aliphatic carbocycles. The van der Waals surface area contributed by atoms with E-state index in [1.165, 1.54) is 11.3 Å². The molecule has 19 heavy (non-hydrogen) atoms. The molecule has 0 radical (unpaired) electrons. The standard InChI is InChI=1S/C13H10BrCl2N3/c1-19-5-4-7-6-8(2-3-9(7)19)13-17-11(15)10(14)12(16)18-13/h2-3,6H,4-5H2,1H3. The molecule has 6 heteroatoms. The van der Waals surface area contributed by atoms with E-state index in [0.29, 0.717) is 20.6 Å². The molecular weight excluding hydrogens is 349 g/mol. The van der Waals surface area contributed by atoms with Gasteiger partial charge in [-0.2, -0.15) is 0 Å². The summed E-state index contributed by atoms with van der Waals surface area (Å²) >= 11 is 15.3. The largest absolute Gasteiger partial charge is 0.374 e. The molecule has 1 aliphatic rings. The van der Waals surface area contributed by atoms with E-state index in [1.54, 1.807) is 0 Å². The molecule has 1 aromatic heterocycles. The minimum atomic E-state index is 0.326. The summed E-state index contributed by atoms with van der Waals surface area (Å²) in [5.41, 5.74) is 3.50. The van der Waals surface area contributed by atoms with Gasteiger partial charge in [0, 0.05) is 24.8 Å². The Labute approximate surface area is 129 Å². The molecule has 0 bridgehead atoms. The Morgan fingerprint density at radius 2 is 1.89 bits per heavy atom. The maximum absolute atomic E-state index is 6.02. The van der Waals surface area contributed by atoms with Crippen molar-refractivity contribution in [2.75, 3.05) is 18.5 Å². The molecule has 98 valence electrons. The predicted octanol–water partition coefficient (Wildman–Crippen LogP) is 4.21. The van der Waals surface area contributed by atoms with E-state index < -0.39 is 0 Å². The average Bonchev–Trinajstić information content (AvgIpc) is 2.76. The maximum Gasteiger partial charge on any atom is 0.162 e. The molecule has 0 saturated heterocycles. The Bertz CT molecular complexity index is 637. The monoisotopic (exact) mass is 357 g/mol. The maximum atomic E-state index is 6.02. The first-order valence-corrected chi connectivity index (χ1v) is 7.34. The van der Waals surface area contributed by atoms with Crippen LogP contribution in [0.3, 0.4) is 0 Å². The summed E-state index contributed by atoms with van der Waals surface area (Å²) in [5.74, 6) is 0.551. The Balaban J connectivity index is 2.08. The SMILES string of the molecule is CN1CCc2cc(-c3nc(Cl)c(Br)c(Cl)n3)ccc21. The number of benzene rings is 1. The zero-order chi connectivity index (χ0) is 13.6. The molecule has 3 rings (SSSR count). The van der Waals surface area contributed by atoms with Crippen LogP contribution in [0.2, 0.25) is 10.3 Å². The first-order chi connectivity index (χ1) is 9.06. The minimum Gasteiger partial charge on any atom is -0.374 e. The van der Waals surface area contributed by atoms with Crippen molar-refractivity contribution in [2.24, 2.45) is 0 Å². The van der Waals surface area contributed by atoms with Gasteiger partial charge in [0.15, 0.2) is 5.82 Å². The summed E-state index contributed by atoms with van der Waals surface area (Å²) < 4.78 is 0.528. The summed E-state index contributed by atoms with van der Waals surface area (Å²) in [4.78, 5) is 10.8. The molecule has 2 heterocycles. The van der Waals surface area contributed by atoms with Crippen molar-refractivity contribution in [1.29, 1.82) is 0 Å². The Morgan fingerprint density at radius 1 is 1.21 bits per heavy atom. The van der Waals surface area contributed by atoms with Gasteiger partial charge in [0.2, 0.25) is 0 Å². The van der Waals surface area contributed by atoms with E-state index in [1.807, 2.05) is 6.07 Å². The van der Waals surface area contributed by atoms with Crippen molar-refractivity contribution in [3.63, 3.8) is 0 Å². The molecule has 1 aromatic carbocycles. The number of nitrogens with zero attached hydrogens (tertiary/aromatic N) is 3. The van der Waals surface area contributed by atoms with Crippen LogP contribution < -0.4 is 4.90 Å². The highest BCUT2D eigenvalue weighted by Crippen LogP contribution is 2.33. The lowest BCUT2D eigenvalue weighted by atomic mass is 10.1. The van der Waals surface area contributed by atoms with Gasteiger partial charge in [-0.05, 0) is 46.1 Å². The van der Waals surface area contributed by atoms with E-state index >= 15 is 0 Å². The molecule has 0 fully saturated rings. The van der Waals surface area contributed by atoms with Crippen LogP contribution in [0.1, 0.15) is 5.56 Å². The van der Waals surface area contributed by atoms with Crippen LogP contribution in [0.25, 0.3) is 11.4 Å². The van der Waals surface area contributed by atoms with Crippen LogP contribution in [0.4, 0.5) is 5.69 Å². The second-order valence-electron chi connectivity index (χ2n) is 4.46. The number of hydrogen-bond donors (Lipinski definition) is 0. The molecular formula is C13H10BrCl2N3. The van der Waals surface area contributed by atoms with Gasteiger partial charge >= 0.3 is 0 Å². The van der Waals surface area contributed by atoms with Gasteiger partial charge in [-0.15, -0.1) is 0 Å². The van der Waals surface area contributed by atoms with E-state index in [0.717, 1.165) is 18.5 Å². The van der Waals surface area contributed by atoms with E-state index in [9.17, 15) is 0 Å². The van der Waals surface area contributed by atoms with Crippen LogP contribution in [0.15, 0.2) is 22.7 Å². The van der Waals surface area contributed by atoms with Crippen molar-refractivity contribution >= 4 is 44.8 Å². The van der Waals surface area contributed by atoms with E-state index in [4.69, 9.17) is 23.2 Å². The number of rotatable bonds is 1. The third kappa shape index (κ3) is 2.33. The molecule has 1 aliphatic heterocycles. The first-order valence-electron chi connectivity index (χ1n) is 5.79. The quantitative estimate of drug-likeness (QED) is 0.715. The fourth-order valence-corrected chi connectivity index (χ4v) is 2.79. The topological polar surface area (TPSA) is 29.0 Å². The third-order valence-corrected chi connectivity index (χ3v) is 4.99. The second kappa shape index (κ2) is 4.93. The lowest BCUT2D eigenvalue weighted by Gasteiger charge is -2.12. The molecule has 0 N–H and O–H groups in total. The van der Waals surface area contributed by atoms with Crippen molar-refractivity contribution < 1.29 is 0 Å². The minimum absolute atomic E-state index is 0.326. The zero-order valence-corrected chi connectivity index (χ0v) is 13.2. The highest BCUT2D eigenvalue weighted by atomic mass is 79.9. The second-order valence-corrected chi connectivity index (χ2v) is 5.97. The molecule has 0 saturated carbocycles. The molecule has 0 amide bonds. The smallest absolute Gasteiger partial charge is 0.162 e. The van der Waals surface area contributed by atoms with Crippen LogP contribution in [-0.2, 0) is 6.42 Å². The van der Waals surface area contributed by atoms with Crippen LogP contribution in [0, 0.1) is 0 Å². The summed E-state index contributed by atoms with van der Waals surface area (Å²) in [6.07, 6.45) is 1.04. The average molecular weight is 359 g/mol. The van der Waals surface area contributed by atoms with Gasteiger partial charge in [0.05, 0.1) is 4.47 Å². The highest BCUT2D eigenvalue weighted by molar-refractivity contribution is 9.10. The predicted molar refractivity (Wildman–Crippen MR) is 82.2 cm³/mol. The number of likely N-dealkylation sites (N-methyl/N-ethyl adjacent to an activating group) is 1. The molecule has 0 unspecified atom stereocenters. The summed E-state index contributed by atoms with van der Waals surface area (Å²) in [6.45, 7) is 1.04. The summed E-state index contributed by atoms with van der Waals surface area (Å²) in [5, 5.41) is 0.653. The number of hydrogen-bond acceptors (Lipinski definition) is 3. The van der Waals surface area contributed by atoms with Gasteiger partial charge in [-0.25, -0.2) is 9.97 Å². The summed E-state index contributed by atoms with van der Waals surface area (Å²) in [6, 6.07) is 6.19. The number of fused-ring (bicyclic) bond motifs is 1. The van der Waals surface area contributed by atoms with Crippen molar-refractivity contribution in [2.45, 2.75) is 6.42 Å². The van der Waals surface area contributed by atoms with E-state index in [2.05, 4.69) is 50.0 Å². The first kappa shape index (κ1) is 13.2. The van der Waals surface area contributed by atoms with Crippen LogP contribution >= 0.6 is 39.1 Å². The Hall–Kier alpha value is -0.840. The van der Waals surface area contributed by atoms with Gasteiger partial charge in [0.25, 0.3) is 0 Å². The fourth-order valence-electron chi connectivity index (χ4n) is 2.23. The van der Waals surface area contributed by atoms with Crippen LogP contribution in [-0.4, -0.2) is 23.6 Å². The van der Waals surface area contributed by atoms with Crippen molar-refractivity contribution in [1.82, 2.24) is 9.97 Å². The fraction of sp³-hybridized carbons (Fsp3) is 0.231. The molecule has 0 spiro atoms. The van der Waals surface area contributed by atoms with Gasteiger partial charge < -0.3 is 4.90 Å². The van der Waals surface area contributed by atoms with Gasteiger partial charge in [0.1, 0.15) is 10.3 Å². The zero-order valence-electron chi connectivity index (χ0n) is 10.1. The lowest BCUT2D eigenvalue weighted by molar-refractivity contribution is 0.956. The molecule has 2 aromatic rings. The molecule has 0 atom stereocenters. The number of anilines is 1. The highest BCUT2D eigenvalue weighted by Gasteiger charge is 2.17. The Morgan fingerprint density at radius 3 is 2.58 bits per heavy atom. The number of aromatic nitrogens is 2. The van der Waals surface area contributed by atoms with Crippen molar-refractivity contribution in [3.8, 4) is 11.4 Å². The molecule has 3 nitrogen and oxygen atoms in total. The number of halogens is 3. The third-order valence-electron chi connectivity index (χ3n) is 3.24. The summed E-state index contributed by atoms with van der Waals surface area (Å²) in [7, 11) is 2.09. The van der Waals surface area contributed by atoms with Gasteiger partial charge in [-0.3, -0.25) is 0 Å². The van der Waals surface area contributed by atoms with Gasteiger partial charge in [-0.1, -0.05) is 23.2 Å². The lowest BCUT2D eigenvalue weighted by Crippen LogP contribution is -2.12. The Kier molecular flexibility index (Phi) is 3.41.